The number of carbonyl (C=O) groups excluding carboxylic acids is 1. The lowest BCUT2D eigenvalue weighted by Crippen LogP contribution is -2.47. The zero-order chi connectivity index (χ0) is 9.97. The van der Waals surface area contributed by atoms with Crippen LogP contribution in [-0.4, -0.2) is 35.4 Å². The molecule has 0 aromatic carbocycles. The Morgan fingerprint density at radius 3 is 2.88 bits per heavy atom. The Morgan fingerprint density at radius 1 is 1.56 bits per heavy atom. The average molecular weight is 284 g/mol. The summed E-state index contributed by atoms with van der Waals surface area (Å²) in [6, 6.07) is 0. The fraction of sp³-hybridized carbons (Fsp3) is 0.556. The highest BCUT2D eigenvalue weighted by Crippen LogP contribution is 2.10. The number of amides is 1. The van der Waals surface area contributed by atoms with Crippen LogP contribution in [0, 0.1) is 6.92 Å². The number of rotatable bonds is 2. The fourth-order valence-corrected chi connectivity index (χ4v) is 2.09. The van der Waals surface area contributed by atoms with Crippen LogP contribution in [0.4, 0.5) is 0 Å². The molecule has 1 amide bonds. The minimum Gasteiger partial charge on any atom is -0.334 e. The van der Waals surface area contributed by atoms with E-state index in [-0.39, 0.29) is 30.7 Å². The molecule has 0 bridgehead atoms. The summed E-state index contributed by atoms with van der Waals surface area (Å²) in [6.45, 7) is 4.77. The first kappa shape index (κ1) is 15.6. The van der Waals surface area contributed by atoms with Crippen molar-refractivity contribution in [2.45, 2.75) is 13.5 Å². The van der Waals surface area contributed by atoms with E-state index < -0.39 is 0 Å². The number of nitrogens with one attached hydrogen (secondary N) is 1. The number of aromatic nitrogens is 1. The van der Waals surface area contributed by atoms with E-state index in [0.717, 1.165) is 23.8 Å². The Kier molecular flexibility index (Phi) is 6.90. The summed E-state index contributed by atoms with van der Waals surface area (Å²) >= 11 is 1.63. The molecule has 4 nitrogen and oxygen atoms in total. The molecule has 1 N–H and O–H groups in total. The number of aryl methyl sites for hydroxylation is 1. The number of thiazole rings is 1. The lowest BCUT2D eigenvalue weighted by Gasteiger charge is -2.26. The molecule has 1 aromatic rings. The standard InChI is InChI=1S/C9H13N3OS.2ClH/c1-7-11-8(6-14-7)5-12-3-2-10-4-9(12)13;;/h6,10H,2-5H2,1H3;2*1H. The highest BCUT2D eigenvalue weighted by molar-refractivity contribution is 7.09. The number of nitrogens with zero attached hydrogens (tertiary/aromatic N) is 2. The number of piperazine rings is 1. The van der Waals surface area contributed by atoms with Crippen LogP contribution in [0.15, 0.2) is 5.38 Å². The highest BCUT2D eigenvalue weighted by atomic mass is 35.5. The van der Waals surface area contributed by atoms with Gasteiger partial charge in [0, 0.05) is 18.5 Å². The van der Waals surface area contributed by atoms with Crippen LogP contribution in [0.1, 0.15) is 10.7 Å². The molecule has 0 atom stereocenters. The Bertz CT molecular complexity index is 345. The second-order valence-electron chi connectivity index (χ2n) is 3.35. The van der Waals surface area contributed by atoms with Crippen molar-refractivity contribution in [2.24, 2.45) is 0 Å². The third kappa shape index (κ3) is 3.90. The summed E-state index contributed by atoms with van der Waals surface area (Å²) < 4.78 is 0. The maximum atomic E-state index is 11.4. The minimum atomic E-state index is 0. The van der Waals surface area contributed by atoms with Crippen molar-refractivity contribution in [1.29, 1.82) is 0 Å². The van der Waals surface area contributed by atoms with Crippen LogP contribution >= 0.6 is 36.2 Å². The van der Waals surface area contributed by atoms with Crippen molar-refractivity contribution < 1.29 is 4.79 Å². The summed E-state index contributed by atoms with van der Waals surface area (Å²) in [7, 11) is 0. The van der Waals surface area contributed by atoms with E-state index in [9.17, 15) is 4.79 Å². The quantitative estimate of drug-likeness (QED) is 0.888. The van der Waals surface area contributed by atoms with Crippen molar-refractivity contribution in [3.8, 4) is 0 Å². The van der Waals surface area contributed by atoms with Gasteiger partial charge in [0.05, 0.1) is 23.8 Å². The number of hydrogen-bond acceptors (Lipinski definition) is 4. The van der Waals surface area contributed by atoms with Gasteiger partial charge in [-0.25, -0.2) is 4.98 Å². The molecule has 0 saturated carbocycles. The van der Waals surface area contributed by atoms with E-state index in [1.807, 2.05) is 17.2 Å². The van der Waals surface area contributed by atoms with Crippen molar-refractivity contribution in [3.63, 3.8) is 0 Å². The summed E-state index contributed by atoms with van der Waals surface area (Å²) in [5.74, 6) is 0.168. The summed E-state index contributed by atoms with van der Waals surface area (Å²) in [4.78, 5) is 17.6. The summed E-state index contributed by atoms with van der Waals surface area (Å²) in [6.07, 6.45) is 0. The molecule has 2 rings (SSSR count). The molecular formula is C9H15Cl2N3OS. The zero-order valence-corrected chi connectivity index (χ0v) is 11.4. The van der Waals surface area contributed by atoms with Crippen LogP contribution in [-0.2, 0) is 11.3 Å². The van der Waals surface area contributed by atoms with E-state index in [2.05, 4.69) is 10.3 Å². The molecule has 0 radical (unpaired) electrons. The van der Waals surface area contributed by atoms with Gasteiger partial charge in [-0.2, -0.15) is 0 Å². The molecule has 1 fully saturated rings. The lowest BCUT2D eigenvalue weighted by atomic mass is 10.3. The number of hydrogen-bond donors (Lipinski definition) is 1. The van der Waals surface area contributed by atoms with E-state index in [4.69, 9.17) is 0 Å². The van der Waals surface area contributed by atoms with Gasteiger partial charge in [0.1, 0.15) is 0 Å². The average Bonchev–Trinajstić information content (AvgIpc) is 2.56. The van der Waals surface area contributed by atoms with Gasteiger partial charge in [-0.3, -0.25) is 4.79 Å². The Labute approximate surface area is 111 Å². The van der Waals surface area contributed by atoms with E-state index in [0.29, 0.717) is 13.1 Å². The lowest BCUT2D eigenvalue weighted by molar-refractivity contribution is -0.132. The normalized spacial score (nSPS) is 15.3. The van der Waals surface area contributed by atoms with Crippen molar-refractivity contribution in [3.05, 3.63) is 16.1 Å². The highest BCUT2D eigenvalue weighted by Gasteiger charge is 2.18. The van der Waals surface area contributed by atoms with E-state index >= 15 is 0 Å². The van der Waals surface area contributed by atoms with Crippen molar-refractivity contribution >= 4 is 42.1 Å². The maximum absolute atomic E-state index is 11.4. The monoisotopic (exact) mass is 283 g/mol. The third-order valence-electron chi connectivity index (χ3n) is 2.21. The molecule has 1 saturated heterocycles. The molecule has 1 aliphatic rings. The maximum Gasteiger partial charge on any atom is 0.236 e. The van der Waals surface area contributed by atoms with E-state index in [1.165, 1.54) is 0 Å². The van der Waals surface area contributed by atoms with Crippen LogP contribution in [0.3, 0.4) is 0 Å². The largest absolute Gasteiger partial charge is 0.334 e. The smallest absolute Gasteiger partial charge is 0.236 e. The van der Waals surface area contributed by atoms with Crippen molar-refractivity contribution in [1.82, 2.24) is 15.2 Å². The second kappa shape index (κ2) is 7.06. The Morgan fingerprint density at radius 2 is 2.31 bits per heavy atom. The first-order valence-corrected chi connectivity index (χ1v) is 5.53. The van der Waals surface area contributed by atoms with Gasteiger partial charge in [-0.1, -0.05) is 0 Å². The predicted molar refractivity (Wildman–Crippen MR) is 69.6 cm³/mol. The Balaban J connectivity index is 0.00000112. The van der Waals surface area contributed by atoms with Crippen molar-refractivity contribution in [2.75, 3.05) is 19.6 Å². The first-order chi connectivity index (χ1) is 6.75. The van der Waals surface area contributed by atoms with Crippen LogP contribution in [0.25, 0.3) is 0 Å². The van der Waals surface area contributed by atoms with Gasteiger partial charge >= 0.3 is 0 Å². The molecule has 1 aliphatic heterocycles. The van der Waals surface area contributed by atoms with Crippen LogP contribution < -0.4 is 5.32 Å². The molecule has 16 heavy (non-hydrogen) atoms. The molecule has 7 heteroatoms. The van der Waals surface area contributed by atoms with Crippen LogP contribution in [0.2, 0.25) is 0 Å². The zero-order valence-electron chi connectivity index (χ0n) is 8.93. The van der Waals surface area contributed by atoms with Gasteiger partial charge in [0.25, 0.3) is 0 Å². The molecule has 0 spiro atoms. The van der Waals surface area contributed by atoms with Gasteiger partial charge in [0.2, 0.25) is 5.91 Å². The van der Waals surface area contributed by atoms with Crippen LogP contribution in [0.5, 0.6) is 0 Å². The topological polar surface area (TPSA) is 45.2 Å². The second-order valence-corrected chi connectivity index (χ2v) is 4.41. The first-order valence-electron chi connectivity index (χ1n) is 4.65. The number of halogens is 2. The third-order valence-corrected chi connectivity index (χ3v) is 3.03. The molecular weight excluding hydrogens is 269 g/mol. The molecule has 92 valence electrons. The van der Waals surface area contributed by atoms with Gasteiger partial charge in [-0.15, -0.1) is 36.2 Å². The van der Waals surface area contributed by atoms with Gasteiger partial charge in [-0.05, 0) is 6.92 Å². The predicted octanol–water partition coefficient (Wildman–Crippen LogP) is 1.23. The van der Waals surface area contributed by atoms with E-state index in [1.54, 1.807) is 11.3 Å². The summed E-state index contributed by atoms with van der Waals surface area (Å²) in [5.41, 5.74) is 1.00. The number of carbonyl (C=O) groups is 1. The molecule has 1 aromatic heterocycles. The molecule has 2 heterocycles. The van der Waals surface area contributed by atoms with Gasteiger partial charge < -0.3 is 10.2 Å². The molecule has 0 aliphatic carbocycles. The summed E-state index contributed by atoms with van der Waals surface area (Å²) in [5, 5.41) is 6.12. The fourth-order valence-electron chi connectivity index (χ4n) is 1.49. The van der Waals surface area contributed by atoms with Gasteiger partial charge in [0.15, 0.2) is 0 Å². The SMILES string of the molecule is Cc1nc(CN2CCNCC2=O)cs1.Cl.Cl. The minimum absolute atomic E-state index is 0. The molecule has 0 unspecified atom stereocenters. The Hall–Kier alpha value is -0.360.